The van der Waals surface area contributed by atoms with Crippen molar-refractivity contribution in [2.75, 3.05) is 0 Å². The number of aryl methyl sites for hydroxylation is 1. The summed E-state index contributed by atoms with van der Waals surface area (Å²) in [5.41, 5.74) is 0.760. The Morgan fingerprint density at radius 1 is 1.33 bits per heavy atom. The lowest BCUT2D eigenvalue weighted by Crippen LogP contribution is -2.12. The first-order valence-electron chi connectivity index (χ1n) is 4.49. The van der Waals surface area contributed by atoms with E-state index in [4.69, 9.17) is 0 Å². The molecule has 0 spiro atoms. The summed E-state index contributed by atoms with van der Waals surface area (Å²) in [7, 11) is 1.54. The molecule has 0 saturated heterocycles. The Kier molecular flexibility index (Phi) is 2.40. The average Bonchev–Trinajstić information content (AvgIpc) is 2.52. The van der Waals surface area contributed by atoms with E-state index < -0.39 is 12.5 Å². The van der Waals surface area contributed by atoms with Crippen LogP contribution in [0.5, 0.6) is 0 Å². The maximum absolute atomic E-state index is 12.4. The first-order valence-corrected chi connectivity index (χ1v) is 4.49. The summed E-state index contributed by atoms with van der Waals surface area (Å²) < 4.78 is 26.1. The van der Waals surface area contributed by atoms with Gasteiger partial charge in [-0.2, -0.15) is 5.10 Å². The highest BCUT2D eigenvalue weighted by molar-refractivity contribution is 5.81. The largest absolute Gasteiger partial charge is 0.381 e. The molecular weight excluding hydrogens is 202 g/mol. The quantitative estimate of drug-likeness (QED) is 0.825. The lowest BCUT2D eigenvalue weighted by atomic mass is 10.1. The highest BCUT2D eigenvalue weighted by Crippen LogP contribution is 2.27. The fraction of sp³-hybridized carbons (Fsp3) is 0.300. The number of hydrogen-bond donors (Lipinski definition) is 1. The van der Waals surface area contributed by atoms with Gasteiger partial charge in [-0.1, -0.05) is 18.2 Å². The van der Waals surface area contributed by atoms with E-state index in [9.17, 15) is 13.9 Å². The molecule has 1 unspecified atom stereocenters. The SMILES string of the molecule is Cn1nc2ccccc2c1C(O)C(F)F. The Morgan fingerprint density at radius 2 is 2.00 bits per heavy atom. The van der Waals surface area contributed by atoms with Gasteiger partial charge in [-0.05, 0) is 6.07 Å². The van der Waals surface area contributed by atoms with Gasteiger partial charge in [0.2, 0.25) is 0 Å². The molecule has 1 N–H and O–H groups in total. The Labute approximate surface area is 84.9 Å². The summed E-state index contributed by atoms with van der Waals surface area (Å²) in [4.78, 5) is 0. The molecular formula is C10H10F2N2O. The number of alkyl halides is 2. The van der Waals surface area contributed by atoms with Crippen molar-refractivity contribution in [3.8, 4) is 0 Å². The molecule has 0 saturated carbocycles. The fourth-order valence-corrected chi connectivity index (χ4v) is 1.64. The first-order chi connectivity index (χ1) is 7.11. The third-order valence-corrected chi connectivity index (χ3v) is 2.31. The van der Waals surface area contributed by atoms with E-state index in [0.717, 1.165) is 0 Å². The van der Waals surface area contributed by atoms with E-state index >= 15 is 0 Å². The summed E-state index contributed by atoms with van der Waals surface area (Å²) in [5.74, 6) is 0. The van der Waals surface area contributed by atoms with Gasteiger partial charge in [-0.3, -0.25) is 4.68 Å². The molecule has 1 atom stereocenters. The predicted molar refractivity (Wildman–Crippen MR) is 51.7 cm³/mol. The Balaban J connectivity index is 2.63. The second-order valence-corrected chi connectivity index (χ2v) is 3.31. The lowest BCUT2D eigenvalue weighted by molar-refractivity contribution is -0.00943. The zero-order valence-electron chi connectivity index (χ0n) is 8.06. The third kappa shape index (κ3) is 1.59. The van der Waals surface area contributed by atoms with Crippen LogP contribution >= 0.6 is 0 Å². The number of halogens is 2. The van der Waals surface area contributed by atoms with Crippen molar-refractivity contribution in [3.63, 3.8) is 0 Å². The van der Waals surface area contributed by atoms with Gasteiger partial charge in [0.1, 0.15) is 0 Å². The molecule has 0 aliphatic heterocycles. The van der Waals surface area contributed by atoms with Crippen molar-refractivity contribution >= 4 is 10.9 Å². The zero-order chi connectivity index (χ0) is 11.0. The Hall–Kier alpha value is -1.49. The molecule has 80 valence electrons. The van der Waals surface area contributed by atoms with Crippen LogP contribution in [0.2, 0.25) is 0 Å². The van der Waals surface area contributed by atoms with Crippen LogP contribution in [0.4, 0.5) is 8.78 Å². The van der Waals surface area contributed by atoms with Crippen LogP contribution in [-0.4, -0.2) is 21.3 Å². The van der Waals surface area contributed by atoms with E-state index in [-0.39, 0.29) is 5.69 Å². The van der Waals surface area contributed by atoms with Gasteiger partial charge in [-0.25, -0.2) is 8.78 Å². The summed E-state index contributed by atoms with van der Waals surface area (Å²) in [6, 6.07) is 6.89. The molecule has 0 aliphatic carbocycles. The van der Waals surface area contributed by atoms with Crippen molar-refractivity contribution in [1.82, 2.24) is 9.78 Å². The highest BCUT2D eigenvalue weighted by atomic mass is 19.3. The van der Waals surface area contributed by atoms with Crippen LogP contribution in [0.15, 0.2) is 24.3 Å². The molecule has 5 heteroatoms. The van der Waals surface area contributed by atoms with Crippen molar-refractivity contribution in [2.24, 2.45) is 7.05 Å². The van der Waals surface area contributed by atoms with E-state index in [1.807, 2.05) is 0 Å². The fourth-order valence-electron chi connectivity index (χ4n) is 1.64. The molecule has 1 aromatic carbocycles. The van der Waals surface area contributed by atoms with Crippen molar-refractivity contribution in [3.05, 3.63) is 30.0 Å². The van der Waals surface area contributed by atoms with Crippen LogP contribution in [0.3, 0.4) is 0 Å². The van der Waals surface area contributed by atoms with Crippen LogP contribution in [0.1, 0.15) is 11.8 Å². The number of aliphatic hydroxyl groups is 1. The van der Waals surface area contributed by atoms with Crippen LogP contribution in [-0.2, 0) is 7.05 Å². The minimum Gasteiger partial charge on any atom is -0.381 e. The van der Waals surface area contributed by atoms with E-state index in [1.54, 1.807) is 31.3 Å². The van der Waals surface area contributed by atoms with Crippen molar-refractivity contribution in [2.45, 2.75) is 12.5 Å². The van der Waals surface area contributed by atoms with Crippen molar-refractivity contribution in [1.29, 1.82) is 0 Å². The number of nitrogens with zero attached hydrogens (tertiary/aromatic N) is 2. The van der Waals surface area contributed by atoms with Gasteiger partial charge in [0, 0.05) is 12.4 Å². The second kappa shape index (κ2) is 3.58. The smallest absolute Gasteiger partial charge is 0.269 e. The average molecular weight is 212 g/mol. The van der Waals surface area contributed by atoms with Gasteiger partial charge < -0.3 is 5.11 Å². The number of fused-ring (bicyclic) bond motifs is 1. The molecule has 3 nitrogen and oxygen atoms in total. The molecule has 1 heterocycles. The van der Waals surface area contributed by atoms with Gasteiger partial charge in [0.15, 0.2) is 6.10 Å². The molecule has 15 heavy (non-hydrogen) atoms. The summed E-state index contributed by atoms with van der Waals surface area (Å²) in [5, 5.41) is 14.0. The van der Waals surface area contributed by atoms with E-state index in [1.165, 1.54) is 4.68 Å². The minimum atomic E-state index is -2.80. The second-order valence-electron chi connectivity index (χ2n) is 3.31. The molecule has 0 fully saturated rings. The molecule has 2 rings (SSSR count). The van der Waals surface area contributed by atoms with Gasteiger partial charge in [0.25, 0.3) is 6.43 Å². The normalized spacial score (nSPS) is 13.7. The number of aliphatic hydroxyl groups excluding tert-OH is 1. The molecule has 1 aromatic heterocycles. The van der Waals surface area contributed by atoms with Gasteiger partial charge >= 0.3 is 0 Å². The van der Waals surface area contributed by atoms with Crippen molar-refractivity contribution < 1.29 is 13.9 Å². The zero-order valence-corrected chi connectivity index (χ0v) is 8.06. The topological polar surface area (TPSA) is 38.0 Å². The number of benzene rings is 1. The number of aromatic nitrogens is 2. The molecule has 0 bridgehead atoms. The monoisotopic (exact) mass is 212 g/mol. The minimum absolute atomic E-state index is 0.153. The van der Waals surface area contributed by atoms with Crippen LogP contribution < -0.4 is 0 Å². The summed E-state index contributed by atoms with van der Waals surface area (Å²) in [6.45, 7) is 0. The number of hydrogen-bond acceptors (Lipinski definition) is 2. The highest BCUT2D eigenvalue weighted by Gasteiger charge is 2.24. The Bertz CT molecular complexity index is 481. The lowest BCUT2D eigenvalue weighted by Gasteiger charge is -2.09. The Morgan fingerprint density at radius 3 is 2.67 bits per heavy atom. The number of rotatable bonds is 2. The van der Waals surface area contributed by atoms with Gasteiger partial charge in [-0.15, -0.1) is 0 Å². The van der Waals surface area contributed by atoms with Gasteiger partial charge in [0.05, 0.1) is 11.2 Å². The molecule has 2 aromatic rings. The predicted octanol–water partition coefficient (Wildman–Crippen LogP) is 1.87. The summed E-state index contributed by atoms with van der Waals surface area (Å²) in [6.07, 6.45) is -4.59. The van der Waals surface area contributed by atoms with Crippen LogP contribution in [0, 0.1) is 0 Å². The van der Waals surface area contributed by atoms with Crippen LogP contribution in [0.25, 0.3) is 10.9 Å². The molecule has 0 amide bonds. The standard InChI is InChI=1S/C10H10F2N2O/c1-14-8(9(15)10(11)12)6-4-2-3-5-7(6)13-14/h2-5,9-10,15H,1H3. The van der Waals surface area contributed by atoms with E-state index in [2.05, 4.69) is 5.10 Å². The molecule has 0 radical (unpaired) electrons. The third-order valence-electron chi connectivity index (χ3n) is 2.31. The first kappa shape index (κ1) is 10.0. The molecule has 0 aliphatic rings. The maximum Gasteiger partial charge on any atom is 0.269 e. The maximum atomic E-state index is 12.4. The summed E-state index contributed by atoms with van der Waals surface area (Å²) >= 11 is 0. The van der Waals surface area contributed by atoms with E-state index in [0.29, 0.717) is 10.9 Å².